The van der Waals surface area contributed by atoms with Gasteiger partial charge >= 0.3 is 0 Å². The van der Waals surface area contributed by atoms with Gasteiger partial charge < -0.3 is 10.2 Å². The maximum atomic E-state index is 13.8. The van der Waals surface area contributed by atoms with Gasteiger partial charge in [0, 0.05) is 30.1 Å². The van der Waals surface area contributed by atoms with E-state index in [4.69, 9.17) is 4.98 Å². The maximum Gasteiger partial charge on any atom is 0.263 e. The highest BCUT2D eigenvalue weighted by Crippen LogP contribution is 2.38. The third-order valence-electron chi connectivity index (χ3n) is 7.75. The number of thioether (sulfide) groups is 1. The van der Waals surface area contributed by atoms with Crippen molar-refractivity contribution in [2.45, 2.75) is 88.9 Å². The van der Waals surface area contributed by atoms with Crippen molar-refractivity contribution < 1.29 is 4.79 Å². The van der Waals surface area contributed by atoms with Crippen LogP contribution in [0.4, 0.5) is 0 Å². The molecule has 180 valence electrons. The van der Waals surface area contributed by atoms with E-state index in [9.17, 15) is 9.59 Å². The van der Waals surface area contributed by atoms with Crippen LogP contribution >= 0.6 is 23.1 Å². The Morgan fingerprint density at radius 1 is 1.18 bits per heavy atom. The molecule has 1 amide bonds. The second-order valence-electron chi connectivity index (χ2n) is 10.1. The summed E-state index contributed by atoms with van der Waals surface area (Å²) in [6.45, 7) is 7.66. The molecule has 0 spiro atoms. The molecule has 6 nitrogen and oxygen atoms in total. The number of carbonyl (C=O) groups is 1. The minimum atomic E-state index is 0.0570. The number of aryl methyl sites for hydroxylation is 1. The molecule has 2 aliphatic carbocycles. The number of thiophene rings is 1. The molecule has 1 aliphatic heterocycles. The van der Waals surface area contributed by atoms with Gasteiger partial charge in [-0.15, -0.1) is 11.3 Å². The summed E-state index contributed by atoms with van der Waals surface area (Å²) < 4.78 is 1.96. The molecule has 2 aromatic heterocycles. The largest absolute Gasteiger partial charge is 0.353 e. The Hall–Kier alpha value is -1.38. The summed E-state index contributed by atoms with van der Waals surface area (Å²) in [4.78, 5) is 36.2. The predicted octanol–water partition coefficient (Wildman–Crippen LogP) is 4.39. The molecule has 1 atom stereocenters. The summed E-state index contributed by atoms with van der Waals surface area (Å²) >= 11 is 3.15. The second-order valence-corrected chi connectivity index (χ2v) is 12.1. The normalized spacial score (nSPS) is 22.7. The zero-order valence-electron chi connectivity index (χ0n) is 19.9. The Balaban J connectivity index is 1.37. The van der Waals surface area contributed by atoms with Crippen molar-refractivity contribution in [2.75, 3.05) is 25.4 Å². The van der Waals surface area contributed by atoms with Crippen molar-refractivity contribution in [2.24, 2.45) is 5.92 Å². The molecule has 0 radical (unpaired) electrons. The lowest BCUT2D eigenvalue weighted by Gasteiger charge is -2.31. The van der Waals surface area contributed by atoms with Gasteiger partial charge in [0.05, 0.1) is 11.1 Å². The van der Waals surface area contributed by atoms with Crippen molar-refractivity contribution in [1.82, 2.24) is 19.8 Å². The van der Waals surface area contributed by atoms with Crippen molar-refractivity contribution in [1.29, 1.82) is 0 Å². The number of fused-ring (bicyclic) bond motifs is 3. The summed E-state index contributed by atoms with van der Waals surface area (Å²) in [6, 6.07) is 0.482. The Bertz CT molecular complexity index is 1060. The van der Waals surface area contributed by atoms with Gasteiger partial charge in [0.15, 0.2) is 5.16 Å². The van der Waals surface area contributed by atoms with Crippen LogP contribution in [0.25, 0.3) is 10.2 Å². The highest BCUT2D eigenvalue weighted by atomic mass is 32.2. The Morgan fingerprint density at radius 2 is 1.94 bits per heavy atom. The second kappa shape index (κ2) is 10.1. The molecular formula is C25H36N4O2S2. The molecule has 3 aliphatic rings. The fourth-order valence-electron chi connectivity index (χ4n) is 5.76. The lowest BCUT2D eigenvalue weighted by molar-refractivity contribution is -0.119. The first-order valence-electron chi connectivity index (χ1n) is 12.7. The number of rotatable bonds is 6. The van der Waals surface area contributed by atoms with Crippen LogP contribution in [-0.4, -0.2) is 51.8 Å². The number of amides is 1. The summed E-state index contributed by atoms with van der Waals surface area (Å²) in [6.07, 6.45) is 9.62. The van der Waals surface area contributed by atoms with Crippen molar-refractivity contribution in [3.05, 3.63) is 20.8 Å². The monoisotopic (exact) mass is 488 g/mol. The first-order valence-corrected chi connectivity index (χ1v) is 14.5. The summed E-state index contributed by atoms with van der Waals surface area (Å²) in [5.74, 6) is 1.05. The van der Waals surface area contributed by atoms with Crippen LogP contribution < -0.4 is 10.9 Å². The van der Waals surface area contributed by atoms with E-state index >= 15 is 0 Å². The molecule has 1 saturated heterocycles. The predicted molar refractivity (Wildman–Crippen MR) is 137 cm³/mol. The van der Waals surface area contributed by atoms with Crippen LogP contribution in [0, 0.1) is 5.92 Å². The van der Waals surface area contributed by atoms with E-state index in [2.05, 4.69) is 24.1 Å². The smallest absolute Gasteiger partial charge is 0.263 e. The standard InChI is InChI=1S/C25H36N4O2S2/c1-3-28-12-10-17(11-13-28)26-21(30)15-32-25-27-23-22(19-9-8-16(2)14-20(19)33-23)24(31)29(25)18-6-4-5-7-18/h16-18H,3-15H2,1-2H3,(H,26,30)/t16-/m0/s1. The van der Waals surface area contributed by atoms with E-state index in [1.807, 2.05) is 4.57 Å². The molecule has 0 aromatic carbocycles. The molecule has 5 rings (SSSR count). The van der Waals surface area contributed by atoms with Gasteiger partial charge in [-0.2, -0.15) is 0 Å². The minimum absolute atomic E-state index is 0.0570. The van der Waals surface area contributed by atoms with E-state index in [1.54, 1.807) is 11.3 Å². The van der Waals surface area contributed by atoms with Crippen LogP contribution in [0.3, 0.4) is 0 Å². The summed E-state index contributed by atoms with van der Waals surface area (Å²) in [5, 5.41) is 4.82. The lowest BCUT2D eigenvalue weighted by atomic mass is 9.89. The topological polar surface area (TPSA) is 67.2 Å². The lowest BCUT2D eigenvalue weighted by Crippen LogP contribution is -2.45. The molecule has 0 bridgehead atoms. The molecule has 0 unspecified atom stereocenters. The third-order valence-corrected chi connectivity index (χ3v) is 9.85. The quantitative estimate of drug-likeness (QED) is 0.483. The Labute approximate surface area is 204 Å². The van der Waals surface area contributed by atoms with Crippen LogP contribution in [0.15, 0.2) is 9.95 Å². The highest BCUT2D eigenvalue weighted by Gasteiger charge is 2.28. The maximum absolute atomic E-state index is 13.8. The first kappa shape index (κ1) is 23.4. The zero-order chi connectivity index (χ0) is 22.9. The molecule has 8 heteroatoms. The zero-order valence-corrected chi connectivity index (χ0v) is 21.5. The molecule has 1 saturated carbocycles. The molecule has 33 heavy (non-hydrogen) atoms. The SMILES string of the molecule is CCN1CCC(NC(=O)CSc2nc3sc4c(c3c(=O)n2C2CCCC2)CC[C@H](C)C4)CC1. The van der Waals surface area contributed by atoms with Crippen LogP contribution in [0.5, 0.6) is 0 Å². The van der Waals surface area contributed by atoms with Crippen molar-refractivity contribution >= 4 is 39.2 Å². The molecular weight excluding hydrogens is 452 g/mol. The molecule has 1 N–H and O–H groups in total. The summed E-state index contributed by atoms with van der Waals surface area (Å²) in [5.41, 5.74) is 1.39. The average Bonchev–Trinajstić information content (AvgIpc) is 3.45. The van der Waals surface area contributed by atoms with E-state index < -0.39 is 0 Å². The van der Waals surface area contributed by atoms with Crippen LogP contribution in [-0.2, 0) is 17.6 Å². The van der Waals surface area contributed by atoms with Crippen LogP contribution in [0.2, 0.25) is 0 Å². The fraction of sp³-hybridized carbons (Fsp3) is 0.720. The third kappa shape index (κ3) is 4.89. The van der Waals surface area contributed by atoms with E-state index in [1.165, 1.54) is 22.2 Å². The Morgan fingerprint density at radius 3 is 2.67 bits per heavy atom. The molecule has 3 heterocycles. The van der Waals surface area contributed by atoms with Gasteiger partial charge in [-0.05, 0) is 63.0 Å². The van der Waals surface area contributed by atoms with E-state index in [-0.39, 0.29) is 23.6 Å². The number of nitrogens with one attached hydrogen (secondary N) is 1. The van der Waals surface area contributed by atoms with Gasteiger partial charge in [0.1, 0.15) is 4.83 Å². The number of nitrogens with zero attached hydrogens (tertiary/aromatic N) is 3. The van der Waals surface area contributed by atoms with Gasteiger partial charge in [-0.1, -0.05) is 38.5 Å². The minimum Gasteiger partial charge on any atom is -0.353 e. The van der Waals surface area contributed by atoms with Crippen molar-refractivity contribution in [3.63, 3.8) is 0 Å². The van der Waals surface area contributed by atoms with E-state index in [0.29, 0.717) is 11.7 Å². The highest BCUT2D eigenvalue weighted by molar-refractivity contribution is 7.99. The van der Waals surface area contributed by atoms with Crippen LogP contribution in [0.1, 0.15) is 75.3 Å². The van der Waals surface area contributed by atoms with Gasteiger partial charge in [0.2, 0.25) is 5.91 Å². The van der Waals surface area contributed by atoms with Gasteiger partial charge in [-0.25, -0.2) is 4.98 Å². The van der Waals surface area contributed by atoms with Crippen molar-refractivity contribution in [3.8, 4) is 0 Å². The van der Waals surface area contributed by atoms with E-state index in [0.717, 1.165) is 92.8 Å². The number of hydrogen-bond donors (Lipinski definition) is 1. The number of aromatic nitrogens is 2. The number of likely N-dealkylation sites (tertiary alicyclic amines) is 1. The fourth-order valence-corrected chi connectivity index (χ4v) is 8.06. The molecule has 2 fully saturated rings. The average molecular weight is 489 g/mol. The van der Waals surface area contributed by atoms with Gasteiger partial charge in [0.25, 0.3) is 5.56 Å². The Kier molecular flexibility index (Phi) is 7.14. The number of hydrogen-bond acceptors (Lipinski definition) is 6. The number of piperidine rings is 1. The summed E-state index contributed by atoms with van der Waals surface area (Å²) in [7, 11) is 0. The first-order chi connectivity index (χ1) is 16.0. The molecule has 2 aromatic rings. The van der Waals surface area contributed by atoms with Gasteiger partial charge in [-0.3, -0.25) is 14.2 Å². The number of carbonyl (C=O) groups excluding carboxylic acids is 1.